The van der Waals surface area contributed by atoms with Crippen molar-refractivity contribution in [1.29, 1.82) is 0 Å². The molecule has 0 spiro atoms. The van der Waals surface area contributed by atoms with Crippen molar-refractivity contribution in [2.75, 3.05) is 12.4 Å². The molecule has 4 heteroatoms. The van der Waals surface area contributed by atoms with Crippen molar-refractivity contribution in [3.8, 4) is 11.5 Å². The van der Waals surface area contributed by atoms with Crippen LogP contribution in [0.3, 0.4) is 0 Å². The maximum Gasteiger partial charge on any atom is 0.142 e. The molecule has 19 heavy (non-hydrogen) atoms. The van der Waals surface area contributed by atoms with Crippen molar-refractivity contribution in [3.63, 3.8) is 0 Å². The van der Waals surface area contributed by atoms with Gasteiger partial charge >= 0.3 is 0 Å². The molecule has 0 fully saturated rings. The summed E-state index contributed by atoms with van der Waals surface area (Å²) in [5.41, 5.74) is 1.81. The van der Waals surface area contributed by atoms with Gasteiger partial charge in [-0.2, -0.15) is 0 Å². The zero-order chi connectivity index (χ0) is 13.8. The summed E-state index contributed by atoms with van der Waals surface area (Å²) >= 11 is 5.99. The van der Waals surface area contributed by atoms with Gasteiger partial charge in [0.2, 0.25) is 0 Å². The van der Waals surface area contributed by atoms with Gasteiger partial charge in [0.1, 0.15) is 11.5 Å². The molecule has 0 saturated carbocycles. The third-order valence-electron chi connectivity index (χ3n) is 2.90. The van der Waals surface area contributed by atoms with Crippen molar-refractivity contribution >= 4 is 17.3 Å². The van der Waals surface area contributed by atoms with Crippen LogP contribution in [0.4, 0.5) is 5.69 Å². The highest BCUT2D eigenvalue weighted by Gasteiger charge is 2.10. The molecule has 0 bridgehead atoms. The first-order valence-electron chi connectivity index (χ1n) is 5.99. The summed E-state index contributed by atoms with van der Waals surface area (Å²) in [6.07, 6.45) is 0. The molecular weight excluding hydrogens is 262 g/mol. The normalized spacial score (nSPS) is 11.9. The van der Waals surface area contributed by atoms with E-state index in [1.165, 1.54) is 0 Å². The fourth-order valence-corrected chi connectivity index (χ4v) is 2.08. The number of rotatable bonds is 4. The van der Waals surface area contributed by atoms with Gasteiger partial charge in [-0.05, 0) is 42.8 Å². The van der Waals surface area contributed by atoms with Crippen LogP contribution < -0.4 is 10.1 Å². The summed E-state index contributed by atoms with van der Waals surface area (Å²) in [4.78, 5) is 0. The first-order chi connectivity index (χ1) is 9.10. The molecule has 0 heterocycles. The molecule has 1 unspecified atom stereocenters. The van der Waals surface area contributed by atoms with Crippen LogP contribution in [-0.4, -0.2) is 12.2 Å². The minimum atomic E-state index is 0.0273. The zero-order valence-corrected chi connectivity index (χ0v) is 11.6. The quantitative estimate of drug-likeness (QED) is 0.879. The average molecular weight is 278 g/mol. The van der Waals surface area contributed by atoms with E-state index in [4.69, 9.17) is 16.3 Å². The predicted molar refractivity (Wildman–Crippen MR) is 78.1 cm³/mol. The maximum atomic E-state index is 9.50. The largest absolute Gasteiger partial charge is 0.508 e. The Hall–Kier alpha value is -1.87. The average Bonchev–Trinajstić information content (AvgIpc) is 2.39. The topological polar surface area (TPSA) is 41.5 Å². The van der Waals surface area contributed by atoms with Crippen molar-refractivity contribution in [1.82, 2.24) is 0 Å². The Morgan fingerprint density at radius 1 is 1.21 bits per heavy atom. The summed E-state index contributed by atoms with van der Waals surface area (Å²) < 4.78 is 5.29. The zero-order valence-electron chi connectivity index (χ0n) is 10.9. The van der Waals surface area contributed by atoms with Crippen LogP contribution in [0.1, 0.15) is 18.5 Å². The SMILES string of the molecule is COc1ccc(Cl)cc1NC(C)c1cccc(O)c1. The molecule has 2 aromatic rings. The van der Waals surface area contributed by atoms with Gasteiger partial charge in [-0.25, -0.2) is 0 Å². The van der Waals surface area contributed by atoms with E-state index in [0.29, 0.717) is 5.02 Å². The van der Waals surface area contributed by atoms with E-state index in [2.05, 4.69) is 5.32 Å². The highest BCUT2D eigenvalue weighted by Crippen LogP contribution is 2.31. The second kappa shape index (κ2) is 5.85. The van der Waals surface area contributed by atoms with Crippen LogP contribution in [0.25, 0.3) is 0 Å². The van der Waals surface area contributed by atoms with E-state index < -0.39 is 0 Å². The Kier molecular flexibility index (Phi) is 4.17. The fraction of sp³-hybridized carbons (Fsp3) is 0.200. The third-order valence-corrected chi connectivity index (χ3v) is 3.14. The number of hydrogen-bond acceptors (Lipinski definition) is 3. The Labute approximate surface area is 117 Å². The molecule has 2 rings (SSSR count). The van der Waals surface area contributed by atoms with E-state index in [9.17, 15) is 5.11 Å². The lowest BCUT2D eigenvalue weighted by atomic mass is 10.1. The molecule has 0 saturated heterocycles. The summed E-state index contributed by atoms with van der Waals surface area (Å²) in [6, 6.07) is 12.6. The highest BCUT2D eigenvalue weighted by atomic mass is 35.5. The van der Waals surface area contributed by atoms with Gasteiger partial charge < -0.3 is 15.2 Å². The van der Waals surface area contributed by atoms with E-state index >= 15 is 0 Å². The van der Waals surface area contributed by atoms with Crippen molar-refractivity contribution in [2.45, 2.75) is 13.0 Å². The van der Waals surface area contributed by atoms with Gasteiger partial charge in [0.15, 0.2) is 0 Å². The standard InChI is InChI=1S/C15H16ClNO2/c1-10(11-4-3-5-13(18)8-11)17-14-9-12(16)6-7-15(14)19-2/h3-10,17-18H,1-2H3. The molecule has 100 valence electrons. The molecule has 0 amide bonds. The van der Waals surface area contributed by atoms with E-state index in [0.717, 1.165) is 17.0 Å². The van der Waals surface area contributed by atoms with Crippen LogP contribution >= 0.6 is 11.6 Å². The third kappa shape index (κ3) is 3.32. The number of halogens is 1. The van der Waals surface area contributed by atoms with E-state index in [1.54, 1.807) is 25.3 Å². The first kappa shape index (κ1) is 13.6. The number of phenols is 1. The van der Waals surface area contributed by atoms with Crippen LogP contribution in [0.15, 0.2) is 42.5 Å². The second-order valence-corrected chi connectivity index (χ2v) is 4.74. The van der Waals surface area contributed by atoms with Crippen molar-refractivity contribution < 1.29 is 9.84 Å². The Morgan fingerprint density at radius 2 is 2.00 bits per heavy atom. The molecule has 0 aliphatic rings. The molecular formula is C15H16ClNO2. The lowest BCUT2D eigenvalue weighted by molar-refractivity contribution is 0.416. The summed E-state index contributed by atoms with van der Waals surface area (Å²) in [5.74, 6) is 0.987. The van der Waals surface area contributed by atoms with Gasteiger partial charge in [-0.15, -0.1) is 0 Å². The smallest absolute Gasteiger partial charge is 0.142 e. The summed E-state index contributed by atoms with van der Waals surface area (Å²) in [5, 5.41) is 13.5. The van der Waals surface area contributed by atoms with Gasteiger partial charge in [-0.3, -0.25) is 0 Å². The predicted octanol–water partition coefficient (Wildman–Crippen LogP) is 4.23. The van der Waals surface area contributed by atoms with Crippen LogP contribution in [0, 0.1) is 0 Å². The number of anilines is 1. The monoisotopic (exact) mass is 277 g/mol. The molecule has 0 radical (unpaired) electrons. The number of phenolic OH excluding ortho intramolecular Hbond substituents is 1. The molecule has 3 nitrogen and oxygen atoms in total. The Bertz CT molecular complexity index is 572. The lowest BCUT2D eigenvalue weighted by Gasteiger charge is -2.18. The van der Waals surface area contributed by atoms with Gasteiger partial charge in [0.25, 0.3) is 0 Å². The fourth-order valence-electron chi connectivity index (χ4n) is 1.90. The van der Waals surface area contributed by atoms with Crippen molar-refractivity contribution in [3.05, 3.63) is 53.1 Å². The van der Waals surface area contributed by atoms with Gasteiger partial charge in [0.05, 0.1) is 12.8 Å². The molecule has 0 aliphatic heterocycles. The molecule has 0 aliphatic carbocycles. The number of hydrogen-bond donors (Lipinski definition) is 2. The lowest BCUT2D eigenvalue weighted by Crippen LogP contribution is -2.07. The molecule has 1 atom stereocenters. The van der Waals surface area contributed by atoms with Crippen LogP contribution in [-0.2, 0) is 0 Å². The first-order valence-corrected chi connectivity index (χ1v) is 6.37. The van der Waals surface area contributed by atoms with Gasteiger partial charge in [-0.1, -0.05) is 23.7 Å². The second-order valence-electron chi connectivity index (χ2n) is 4.31. The molecule has 0 aromatic heterocycles. The summed E-state index contributed by atoms with van der Waals surface area (Å²) in [7, 11) is 1.62. The van der Waals surface area contributed by atoms with Crippen molar-refractivity contribution in [2.24, 2.45) is 0 Å². The Morgan fingerprint density at radius 3 is 2.68 bits per heavy atom. The minimum absolute atomic E-state index is 0.0273. The number of aromatic hydroxyl groups is 1. The number of nitrogens with one attached hydrogen (secondary N) is 1. The minimum Gasteiger partial charge on any atom is -0.508 e. The Balaban J connectivity index is 2.23. The van der Waals surface area contributed by atoms with E-state index in [-0.39, 0.29) is 11.8 Å². The molecule has 2 aromatic carbocycles. The maximum absolute atomic E-state index is 9.50. The number of benzene rings is 2. The van der Waals surface area contributed by atoms with E-state index in [1.807, 2.05) is 31.2 Å². The van der Waals surface area contributed by atoms with Crippen LogP contribution in [0.2, 0.25) is 5.02 Å². The number of ether oxygens (including phenoxy) is 1. The highest BCUT2D eigenvalue weighted by molar-refractivity contribution is 6.30. The molecule has 2 N–H and O–H groups in total. The summed E-state index contributed by atoms with van der Waals surface area (Å²) in [6.45, 7) is 2.01. The van der Waals surface area contributed by atoms with Gasteiger partial charge in [0, 0.05) is 11.1 Å². The van der Waals surface area contributed by atoms with Crippen LogP contribution in [0.5, 0.6) is 11.5 Å². The number of methoxy groups -OCH3 is 1.